The van der Waals surface area contributed by atoms with Gasteiger partial charge in [0.15, 0.2) is 0 Å². The number of rotatable bonds is 5. The Balaban J connectivity index is 2.00. The first kappa shape index (κ1) is 13.1. The van der Waals surface area contributed by atoms with Crippen LogP contribution in [0.5, 0.6) is 0 Å². The molecule has 0 bridgehead atoms. The Hall–Kier alpha value is -1.36. The average Bonchev–Trinajstić information content (AvgIpc) is 2.93. The molecule has 2 heterocycles. The van der Waals surface area contributed by atoms with Crippen LogP contribution in [0.15, 0.2) is 12.3 Å². The van der Waals surface area contributed by atoms with Gasteiger partial charge < -0.3 is 5.11 Å². The lowest BCUT2D eigenvalue weighted by Gasteiger charge is -2.29. The molecule has 5 nitrogen and oxygen atoms in total. The smallest absolute Gasteiger partial charge is 0.304 e. The van der Waals surface area contributed by atoms with Crippen LogP contribution in [0.2, 0.25) is 0 Å². The van der Waals surface area contributed by atoms with Gasteiger partial charge in [-0.2, -0.15) is 5.10 Å². The average molecular weight is 251 g/mol. The van der Waals surface area contributed by atoms with E-state index in [0.717, 1.165) is 25.1 Å². The van der Waals surface area contributed by atoms with Crippen molar-refractivity contribution in [1.82, 2.24) is 14.7 Å². The second kappa shape index (κ2) is 5.52. The second-order valence-electron chi connectivity index (χ2n) is 5.07. The van der Waals surface area contributed by atoms with Gasteiger partial charge in [0, 0.05) is 18.8 Å². The normalized spacial score (nSPS) is 22.2. The molecule has 1 fully saturated rings. The Labute approximate surface area is 107 Å². The summed E-state index contributed by atoms with van der Waals surface area (Å²) in [5, 5.41) is 13.2. The Kier molecular flexibility index (Phi) is 4.01. The van der Waals surface area contributed by atoms with Crippen LogP contribution in [-0.4, -0.2) is 44.9 Å². The number of likely N-dealkylation sites (tertiary alicyclic amines) is 1. The van der Waals surface area contributed by atoms with Crippen molar-refractivity contribution in [3.63, 3.8) is 0 Å². The summed E-state index contributed by atoms with van der Waals surface area (Å²) < 4.78 is 2.00. The van der Waals surface area contributed by atoms with E-state index in [2.05, 4.69) is 16.9 Å². The van der Waals surface area contributed by atoms with Crippen molar-refractivity contribution in [2.75, 3.05) is 13.1 Å². The Morgan fingerprint density at radius 2 is 2.44 bits per heavy atom. The molecule has 0 spiro atoms. The second-order valence-corrected chi connectivity index (χ2v) is 5.07. The number of carbonyl (C=O) groups is 1. The van der Waals surface area contributed by atoms with Crippen LogP contribution in [0.25, 0.3) is 0 Å². The van der Waals surface area contributed by atoms with Crippen molar-refractivity contribution >= 4 is 5.97 Å². The number of hydrogen-bond acceptors (Lipinski definition) is 3. The van der Waals surface area contributed by atoms with E-state index < -0.39 is 5.97 Å². The molecule has 1 aliphatic rings. The molecule has 0 aromatic carbocycles. The third-order valence-electron chi connectivity index (χ3n) is 3.74. The van der Waals surface area contributed by atoms with Crippen molar-refractivity contribution in [3.05, 3.63) is 18.0 Å². The van der Waals surface area contributed by atoms with E-state index in [1.54, 1.807) is 0 Å². The van der Waals surface area contributed by atoms with Crippen molar-refractivity contribution < 1.29 is 9.90 Å². The summed E-state index contributed by atoms with van der Waals surface area (Å²) in [6.07, 6.45) is 4.50. The van der Waals surface area contributed by atoms with Gasteiger partial charge in [-0.05, 0) is 39.3 Å². The molecule has 1 aliphatic heterocycles. The summed E-state index contributed by atoms with van der Waals surface area (Å²) >= 11 is 0. The third-order valence-corrected chi connectivity index (χ3v) is 3.74. The number of nitrogens with zero attached hydrogens (tertiary/aromatic N) is 3. The molecule has 1 saturated heterocycles. The van der Waals surface area contributed by atoms with Crippen LogP contribution in [0.3, 0.4) is 0 Å². The highest BCUT2D eigenvalue weighted by Crippen LogP contribution is 2.26. The Bertz CT molecular complexity index is 416. The number of carboxylic acid groups (broad SMARTS) is 1. The van der Waals surface area contributed by atoms with Gasteiger partial charge >= 0.3 is 5.97 Å². The minimum atomic E-state index is -0.719. The molecule has 2 rings (SSSR count). The molecule has 100 valence electrons. The maximum atomic E-state index is 10.7. The quantitative estimate of drug-likeness (QED) is 0.865. The summed E-state index contributed by atoms with van der Waals surface area (Å²) in [6, 6.07) is 2.71. The van der Waals surface area contributed by atoms with Crippen LogP contribution >= 0.6 is 0 Å². The highest BCUT2D eigenvalue weighted by atomic mass is 16.4. The van der Waals surface area contributed by atoms with Crippen LogP contribution in [-0.2, 0) is 4.79 Å². The molecule has 0 amide bonds. The first-order valence-electron chi connectivity index (χ1n) is 6.55. The molecule has 5 heteroatoms. The van der Waals surface area contributed by atoms with Gasteiger partial charge in [-0.15, -0.1) is 0 Å². The fraction of sp³-hybridized carbons (Fsp3) is 0.692. The highest BCUT2D eigenvalue weighted by Gasteiger charge is 2.30. The van der Waals surface area contributed by atoms with Crippen LogP contribution < -0.4 is 0 Å². The molecule has 0 saturated carbocycles. The first-order valence-corrected chi connectivity index (χ1v) is 6.55. The molecule has 0 aliphatic carbocycles. The fourth-order valence-corrected chi connectivity index (χ4v) is 2.75. The number of hydrogen-bond donors (Lipinski definition) is 1. The van der Waals surface area contributed by atoms with Crippen molar-refractivity contribution in [3.8, 4) is 0 Å². The zero-order valence-corrected chi connectivity index (χ0v) is 11.0. The van der Waals surface area contributed by atoms with Gasteiger partial charge in [-0.3, -0.25) is 14.4 Å². The molecule has 1 aromatic rings. The summed E-state index contributed by atoms with van der Waals surface area (Å²) in [4.78, 5) is 12.9. The summed E-state index contributed by atoms with van der Waals surface area (Å²) in [7, 11) is 0. The van der Waals surface area contributed by atoms with Crippen molar-refractivity contribution in [2.24, 2.45) is 0 Å². The lowest BCUT2D eigenvalue weighted by Crippen LogP contribution is -2.37. The number of aromatic nitrogens is 2. The van der Waals surface area contributed by atoms with E-state index >= 15 is 0 Å². The van der Waals surface area contributed by atoms with Gasteiger partial charge in [0.1, 0.15) is 0 Å². The molecule has 1 aromatic heterocycles. The van der Waals surface area contributed by atoms with E-state index in [4.69, 9.17) is 5.11 Å². The zero-order chi connectivity index (χ0) is 13.1. The van der Waals surface area contributed by atoms with Gasteiger partial charge in [0.05, 0.1) is 18.2 Å². The fourth-order valence-electron chi connectivity index (χ4n) is 2.75. The van der Waals surface area contributed by atoms with Crippen molar-refractivity contribution in [1.29, 1.82) is 0 Å². The number of carboxylic acids is 1. The monoisotopic (exact) mass is 251 g/mol. The van der Waals surface area contributed by atoms with Crippen molar-refractivity contribution in [2.45, 2.75) is 45.2 Å². The topological polar surface area (TPSA) is 58.4 Å². The van der Waals surface area contributed by atoms with E-state index in [1.807, 2.05) is 23.9 Å². The zero-order valence-electron chi connectivity index (χ0n) is 11.0. The lowest BCUT2D eigenvalue weighted by molar-refractivity contribution is -0.137. The summed E-state index contributed by atoms with van der Waals surface area (Å²) in [5.41, 5.74) is 1.02. The Morgan fingerprint density at radius 3 is 3.06 bits per heavy atom. The minimum absolute atomic E-state index is 0.224. The van der Waals surface area contributed by atoms with Gasteiger partial charge in [-0.25, -0.2) is 0 Å². The van der Waals surface area contributed by atoms with Gasteiger partial charge in [0.25, 0.3) is 0 Å². The van der Waals surface area contributed by atoms with E-state index in [9.17, 15) is 4.79 Å². The first-order chi connectivity index (χ1) is 8.58. The van der Waals surface area contributed by atoms with E-state index in [1.165, 1.54) is 0 Å². The number of aliphatic carboxylic acids is 1. The van der Waals surface area contributed by atoms with Crippen LogP contribution in [0.1, 0.15) is 37.9 Å². The van der Waals surface area contributed by atoms with Crippen LogP contribution in [0, 0.1) is 6.92 Å². The summed E-state index contributed by atoms with van der Waals surface area (Å²) in [5.74, 6) is -0.719. The lowest BCUT2D eigenvalue weighted by atomic mass is 10.1. The third kappa shape index (κ3) is 2.90. The molecular formula is C13H21N3O2. The maximum Gasteiger partial charge on any atom is 0.304 e. The molecule has 0 radical (unpaired) electrons. The predicted molar refractivity (Wildman–Crippen MR) is 68.5 cm³/mol. The highest BCUT2D eigenvalue weighted by molar-refractivity contribution is 5.66. The minimum Gasteiger partial charge on any atom is -0.481 e. The molecule has 18 heavy (non-hydrogen) atoms. The van der Waals surface area contributed by atoms with Gasteiger partial charge in [-0.1, -0.05) is 0 Å². The molecule has 1 N–H and O–H groups in total. The number of aryl methyl sites for hydroxylation is 1. The molecule has 2 atom stereocenters. The maximum absolute atomic E-state index is 10.7. The summed E-state index contributed by atoms with van der Waals surface area (Å²) in [6.45, 7) is 5.80. The standard InChI is InChI=1S/C13H21N3O2/c1-10-5-9-16(14-10)11(2)12-4-3-7-15(12)8-6-13(17)18/h5,9,11-12H,3-4,6-8H2,1-2H3,(H,17,18)/t11-,12+/m0/s1. The SMILES string of the molecule is Cc1ccn([C@@H](C)[C@H]2CCCN2CCC(=O)O)n1. The predicted octanol–water partition coefficient (Wildman–Crippen LogP) is 1.69. The van der Waals surface area contributed by atoms with E-state index in [-0.39, 0.29) is 6.42 Å². The van der Waals surface area contributed by atoms with Crippen LogP contribution in [0.4, 0.5) is 0 Å². The van der Waals surface area contributed by atoms with E-state index in [0.29, 0.717) is 18.6 Å². The molecule has 0 unspecified atom stereocenters. The Morgan fingerprint density at radius 1 is 1.67 bits per heavy atom. The molecular weight excluding hydrogens is 230 g/mol. The van der Waals surface area contributed by atoms with Gasteiger partial charge in [0.2, 0.25) is 0 Å². The largest absolute Gasteiger partial charge is 0.481 e.